The van der Waals surface area contributed by atoms with Crippen LogP contribution in [0.3, 0.4) is 0 Å². The molecule has 0 atom stereocenters. The van der Waals surface area contributed by atoms with E-state index in [2.05, 4.69) is 9.69 Å². The largest absolute Gasteiger partial charge is 0.497 e. The number of carbonyl (C=O) groups excluding carboxylic acids is 1. The van der Waals surface area contributed by atoms with Crippen molar-refractivity contribution in [3.8, 4) is 11.5 Å². The highest BCUT2D eigenvalue weighted by molar-refractivity contribution is 7.08. The van der Waals surface area contributed by atoms with Gasteiger partial charge in [0.05, 0.1) is 19.9 Å². The summed E-state index contributed by atoms with van der Waals surface area (Å²) in [4.78, 5) is 12.4. The Morgan fingerprint density at radius 3 is 2.72 bits per heavy atom. The highest BCUT2D eigenvalue weighted by atomic mass is 32.1. The van der Waals surface area contributed by atoms with E-state index < -0.39 is 0 Å². The minimum Gasteiger partial charge on any atom is -0.497 e. The monoisotopic (exact) mass is 264 g/mol. The second-order valence-electron chi connectivity index (χ2n) is 3.40. The number of aromatic nitrogens is 1. The molecule has 1 aromatic heterocycles. The van der Waals surface area contributed by atoms with Crippen LogP contribution in [0.15, 0.2) is 30.5 Å². The van der Waals surface area contributed by atoms with Crippen LogP contribution < -0.4 is 14.8 Å². The summed E-state index contributed by atoms with van der Waals surface area (Å²) in [6, 6.07) is 6.86. The summed E-state index contributed by atoms with van der Waals surface area (Å²) in [6.45, 7) is 0. The fourth-order valence-corrected chi connectivity index (χ4v) is 1.91. The topological polar surface area (TPSA) is 60.5 Å². The van der Waals surface area contributed by atoms with Gasteiger partial charge in [0, 0.05) is 12.3 Å². The van der Waals surface area contributed by atoms with E-state index in [4.69, 9.17) is 9.47 Å². The third kappa shape index (κ3) is 2.60. The number of nitrogens with zero attached hydrogens (tertiary/aromatic N) is 1. The number of rotatable bonds is 4. The maximum atomic E-state index is 11.9. The van der Waals surface area contributed by atoms with Gasteiger partial charge in [-0.25, -0.2) is 4.37 Å². The molecular formula is C12H12N2O3S. The number of benzene rings is 1. The van der Waals surface area contributed by atoms with Crippen molar-refractivity contribution >= 4 is 23.1 Å². The molecule has 2 aromatic rings. The molecule has 0 fully saturated rings. The van der Waals surface area contributed by atoms with Crippen LogP contribution >= 0.6 is 11.5 Å². The normalized spacial score (nSPS) is 9.89. The van der Waals surface area contributed by atoms with Crippen molar-refractivity contribution < 1.29 is 14.3 Å². The van der Waals surface area contributed by atoms with Crippen LogP contribution in [-0.2, 0) is 0 Å². The van der Waals surface area contributed by atoms with Gasteiger partial charge in [0.15, 0.2) is 0 Å². The standard InChI is InChI=1S/C12H12N2O3S/c1-16-8-3-4-9(10(7-8)17-2)14-12(15)11-5-6-13-18-11/h3-7H,1-2H3,(H,14,15). The first-order valence-corrected chi connectivity index (χ1v) is 5.96. The van der Waals surface area contributed by atoms with Crippen molar-refractivity contribution in [1.29, 1.82) is 0 Å². The fraction of sp³-hybridized carbons (Fsp3) is 0.167. The quantitative estimate of drug-likeness (QED) is 0.921. The maximum absolute atomic E-state index is 11.9. The summed E-state index contributed by atoms with van der Waals surface area (Å²) in [5.74, 6) is 1.01. The van der Waals surface area contributed by atoms with Crippen molar-refractivity contribution in [1.82, 2.24) is 4.37 Å². The number of hydrogen-bond donors (Lipinski definition) is 1. The minimum absolute atomic E-state index is 0.207. The molecule has 0 saturated heterocycles. The van der Waals surface area contributed by atoms with Crippen LogP contribution in [0.5, 0.6) is 11.5 Å². The van der Waals surface area contributed by atoms with Crippen molar-refractivity contribution in [2.75, 3.05) is 19.5 Å². The zero-order valence-corrected chi connectivity index (χ0v) is 10.8. The lowest BCUT2D eigenvalue weighted by molar-refractivity contribution is 0.103. The van der Waals surface area contributed by atoms with Crippen LogP contribution in [0.1, 0.15) is 9.67 Å². The number of hydrogen-bond acceptors (Lipinski definition) is 5. The minimum atomic E-state index is -0.207. The molecule has 0 saturated carbocycles. The highest BCUT2D eigenvalue weighted by Crippen LogP contribution is 2.29. The average Bonchev–Trinajstić information content (AvgIpc) is 2.93. The number of carbonyl (C=O) groups is 1. The predicted octanol–water partition coefficient (Wildman–Crippen LogP) is 2.41. The first-order valence-electron chi connectivity index (χ1n) is 5.18. The van der Waals surface area contributed by atoms with Gasteiger partial charge in [0.25, 0.3) is 5.91 Å². The molecule has 0 spiro atoms. The molecule has 1 amide bonds. The average molecular weight is 264 g/mol. The number of ether oxygens (including phenoxy) is 2. The molecule has 5 nitrogen and oxygen atoms in total. The number of nitrogens with one attached hydrogen (secondary N) is 1. The molecule has 1 N–H and O–H groups in total. The van der Waals surface area contributed by atoms with Crippen LogP contribution in [0, 0.1) is 0 Å². The van der Waals surface area contributed by atoms with E-state index in [0.29, 0.717) is 22.1 Å². The molecule has 94 valence electrons. The molecule has 0 bridgehead atoms. The lowest BCUT2D eigenvalue weighted by Crippen LogP contribution is -2.11. The summed E-state index contributed by atoms with van der Waals surface area (Å²) in [6.07, 6.45) is 1.59. The molecule has 1 heterocycles. The molecule has 0 aliphatic rings. The Kier molecular flexibility index (Phi) is 3.78. The smallest absolute Gasteiger partial charge is 0.267 e. The van der Waals surface area contributed by atoms with Crippen molar-refractivity contribution in [2.24, 2.45) is 0 Å². The van der Waals surface area contributed by atoms with E-state index in [1.807, 2.05) is 0 Å². The Balaban J connectivity index is 2.21. The summed E-state index contributed by atoms with van der Waals surface area (Å²) >= 11 is 1.14. The van der Waals surface area contributed by atoms with Gasteiger partial charge in [-0.15, -0.1) is 0 Å². The van der Waals surface area contributed by atoms with Gasteiger partial charge in [-0.2, -0.15) is 0 Å². The molecule has 0 aliphatic heterocycles. The van der Waals surface area contributed by atoms with Crippen LogP contribution in [0.25, 0.3) is 0 Å². The Labute approximate surface area is 109 Å². The second kappa shape index (κ2) is 5.50. The van der Waals surface area contributed by atoms with Crippen molar-refractivity contribution in [2.45, 2.75) is 0 Å². The summed E-state index contributed by atoms with van der Waals surface area (Å²) in [5.41, 5.74) is 0.594. The highest BCUT2D eigenvalue weighted by Gasteiger charge is 2.11. The molecule has 6 heteroatoms. The third-order valence-corrected chi connectivity index (χ3v) is 3.06. The lowest BCUT2D eigenvalue weighted by atomic mass is 10.2. The maximum Gasteiger partial charge on any atom is 0.267 e. The lowest BCUT2D eigenvalue weighted by Gasteiger charge is -2.10. The van der Waals surface area contributed by atoms with E-state index in [1.54, 1.807) is 37.6 Å². The van der Waals surface area contributed by atoms with Crippen LogP contribution in [0.4, 0.5) is 5.69 Å². The summed E-state index contributed by atoms with van der Waals surface area (Å²) < 4.78 is 14.2. The first kappa shape index (κ1) is 12.4. The molecule has 0 aliphatic carbocycles. The fourth-order valence-electron chi connectivity index (χ4n) is 1.42. The zero-order valence-electron chi connectivity index (χ0n) is 9.97. The van der Waals surface area contributed by atoms with E-state index in [0.717, 1.165) is 11.5 Å². The SMILES string of the molecule is COc1ccc(NC(=O)c2ccns2)c(OC)c1. The molecule has 0 unspecified atom stereocenters. The van der Waals surface area contributed by atoms with Crippen molar-refractivity contribution in [3.63, 3.8) is 0 Å². The molecule has 1 aromatic carbocycles. The predicted molar refractivity (Wildman–Crippen MR) is 69.6 cm³/mol. The van der Waals surface area contributed by atoms with Crippen LogP contribution in [0.2, 0.25) is 0 Å². The Morgan fingerprint density at radius 2 is 2.11 bits per heavy atom. The molecule has 0 radical (unpaired) electrons. The van der Waals surface area contributed by atoms with Gasteiger partial charge >= 0.3 is 0 Å². The van der Waals surface area contributed by atoms with Gasteiger partial charge in [0.1, 0.15) is 16.4 Å². The van der Waals surface area contributed by atoms with Crippen molar-refractivity contribution in [3.05, 3.63) is 35.3 Å². The van der Waals surface area contributed by atoms with E-state index in [-0.39, 0.29) is 5.91 Å². The Morgan fingerprint density at radius 1 is 1.28 bits per heavy atom. The molecule has 18 heavy (non-hydrogen) atoms. The van der Waals surface area contributed by atoms with E-state index in [9.17, 15) is 4.79 Å². The summed E-state index contributed by atoms with van der Waals surface area (Å²) in [7, 11) is 3.11. The number of methoxy groups -OCH3 is 2. The van der Waals surface area contributed by atoms with Gasteiger partial charge in [-0.1, -0.05) is 0 Å². The third-order valence-electron chi connectivity index (χ3n) is 2.32. The van der Waals surface area contributed by atoms with Gasteiger partial charge < -0.3 is 14.8 Å². The number of amides is 1. The number of anilines is 1. The zero-order chi connectivity index (χ0) is 13.0. The van der Waals surface area contributed by atoms with Gasteiger partial charge in [-0.3, -0.25) is 4.79 Å². The Bertz CT molecular complexity index is 540. The Hall–Kier alpha value is -2.08. The first-order chi connectivity index (χ1) is 8.74. The van der Waals surface area contributed by atoms with Gasteiger partial charge in [-0.05, 0) is 29.7 Å². The molecule has 2 rings (SSSR count). The van der Waals surface area contributed by atoms with Crippen LogP contribution in [-0.4, -0.2) is 24.5 Å². The van der Waals surface area contributed by atoms with E-state index in [1.165, 1.54) is 7.11 Å². The second-order valence-corrected chi connectivity index (χ2v) is 4.23. The molecular weight excluding hydrogens is 252 g/mol. The summed E-state index contributed by atoms with van der Waals surface area (Å²) in [5, 5.41) is 2.77. The van der Waals surface area contributed by atoms with Gasteiger partial charge in [0.2, 0.25) is 0 Å². The van der Waals surface area contributed by atoms with E-state index >= 15 is 0 Å².